The molecule has 0 heterocycles. The van der Waals surface area contributed by atoms with Gasteiger partial charge in [-0.25, -0.2) is 0 Å². The fourth-order valence-electron chi connectivity index (χ4n) is 2.18. The predicted molar refractivity (Wildman–Crippen MR) is 93.1 cm³/mol. The van der Waals surface area contributed by atoms with Gasteiger partial charge in [0.25, 0.3) is 17.3 Å². The van der Waals surface area contributed by atoms with Crippen molar-refractivity contribution in [2.75, 3.05) is 0 Å². The van der Waals surface area contributed by atoms with Gasteiger partial charge in [0.15, 0.2) is 0 Å². The van der Waals surface area contributed by atoms with Gasteiger partial charge in [0.05, 0.1) is 27.6 Å². The quantitative estimate of drug-likeness (QED) is 0.598. The van der Waals surface area contributed by atoms with Crippen LogP contribution in [0, 0.1) is 20.2 Å². The van der Waals surface area contributed by atoms with Crippen molar-refractivity contribution < 1.29 is 19.4 Å². The summed E-state index contributed by atoms with van der Waals surface area (Å²) in [4.78, 5) is 32.4. The second-order valence-electron chi connectivity index (χ2n) is 5.75. The van der Waals surface area contributed by atoms with Crippen LogP contribution in [0.2, 0.25) is 0 Å². The summed E-state index contributed by atoms with van der Waals surface area (Å²) in [6, 6.07) is 9.88. The molecule has 0 radical (unpaired) electrons. The highest BCUT2D eigenvalue weighted by Gasteiger charge is 2.19. The lowest BCUT2D eigenvalue weighted by atomic mass is 10.1. The third-order valence-electron chi connectivity index (χ3n) is 3.33. The van der Waals surface area contributed by atoms with E-state index in [-0.39, 0.29) is 18.2 Å². The number of carbonyl (C=O) groups is 1. The van der Waals surface area contributed by atoms with Crippen molar-refractivity contribution in [1.82, 2.24) is 5.32 Å². The van der Waals surface area contributed by atoms with E-state index in [0.717, 1.165) is 23.8 Å². The maximum absolute atomic E-state index is 12.2. The van der Waals surface area contributed by atoms with Gasteiger partial charge in [-0.3, -0.25) is 25.0 Å². The van der Waals surface area contributed by atoms with E-state index in [1.165, 1.54) is 0 Å². The Bertz CT molecular complexity index is 801. The zero-order chi connectivity index (χ0) is 19.3. The number of amides is 1. The van der Waals surface area contributed by atoms with E-state index in [1.54, 1.807) is 24.3 Å². The minimum absolute atomic E-state index is 0.0465. The van der Waals surface area contributed by atoms with Crippen molar-refractivity contribution in [2.45, 2.75) is 26.5 Å². The van der Waals surface area contributed by atoms with E-state index in [0.29, 0.717) is 5.75 Å². The Hall–Kier alpha value is -3.49. The molecule has 0 bridgehead atoms. The van der Waals surface area contributed by atoms with Gasteiger partial charge in [0.1, 0.15) is 5.75 Å². The molecular formula is C17H17N3O6. The van der Waals surface area contributed by atoms with Crippen molar-refractivity contribution in [3.8, 4) is 5.75 Å². The van der Waals surface area contributed by atoms with Gasteiger partial charge in [-0.15, -0.1) is 0 Å². The summed E-state index contributed by atoms with van der Waals surface area (Å²) >= 11 is 0. The van der Waals surface area contributed by atoms with Gasteiger partial charge in [-0.1, -0.05) is 12.1 Å². The molecule has 0 saturated carbocycles. The van der Waals surface area contributed by atoms with E-state index in [2.05, 4.69) is 5.32 Å². The molecule has 9 heteroatoms. The van der Waals surface area contributed by atoms with E-state index < -0.39 is 27.1 Å². The van der Waals surface area contributed by atoms with E-state index >= 15 is 0 Å². The Morgan fingerprint density at radius 3 is 2.04 bits per heavy atom. The number of hydrogen-bond donors (Lipinski definition) is 1. The highest BCUT2D eigenvalue weighted by Crippen LogP contribution is 2.22. The summed E-state index contributed by atoms with van der Waals surface area (Å²) in [7, 11) is 0. The fraction of sp³-hybridized carbons (Fsp3) is 0.235. The normalized spacial score (nSPS) is 10.4. The Morgan fingerprint density at radius 2 is 1.58 bits per heavy atom. The number of non-ortho nitro benzene ring substituents is 2. The van der Waals surface area contributed by atoms with Crippen LogP contribution in [0.15, 0.2) is 42.5 Å². The van der Waals surface area contributed by atoms with Crippen molar-refractivity contribution in [2.24, 2.45) is 0 Å². The molecule has 0 aliphatic carbocycles. The van der Waals surface area contributed by atoms with Crippen LogP contribution in [0.25, 0.3) is 0 Å². The molecule has 26 heavy (non-hydrogen) atoms. The minimum atomic E-state index is -0.781. The second-order valence-corrected chi connectivity index (χ2v) is 5.75. The lowest BCUT2D eigenvalue weighted by molar-refractivity contribution is -0.394. The monoisotopic (exact) mass is 359 g/mol. The first-order valence-corrected chi connectivity index (χ1v) is 7.74. The molecule has 0 aliphatic rings. The van der Waals surface area contributed by atoms with Crippen LogP contribution in [0.1, 0.15) is 29.8 Å². The van der Waals surface area contributed by atoms with Crippen molar-refractivity contribution >= 4 is 17.3 Å². The lowest BCUT2D eigenvalue weighted by Crippen LogP contribution is -2.23. The molecule has 0 aromatic heterocycles. The summed E-state index contributed by atoms with van der Waals surface area (Å²) in [6.07, 6.45) is 0.0465. The Morgan fingerprint density at radius 1 is 1.04 bits per heavy atom. The number of hydrogen-bond acceptors (Lipinski definition) is 6. The molecule has 2 rings (SSSR count). The number of nitro groups is 2. The number of nitrogens with zero attached hydrogens (tertiary/aromatic N) is 2. The number of ether oxygens (including phenoxy) is 1. The first kappa shape index (κ1) is 18.8. The first-order chi connectivity index (χ1) is 12.3. The van der Waals surface area contributed by atoms with E-state index in [1.807, 2.05) is 13.8 Å². The Labute approximate surface area is 148 Å². The standard InChI is InChI=1S/C17H17N3O6/c1-11(2)26-16-5-3-12(4-6-16)10-18-17(21)13-7-14(19(22)23)9-15(8-13)20(24)25/h3-9,11H,10H2,1-2H3,(H,18,21). The SMILES string of the molecule is CC(C)Oc1ccc(CNC(=O)c2cc([N+](=O)[O-])cc([N+](=O)[O-])c2)cc1. The molecule has 0 spiro atoms. The van der Waals surface area contributed by atoms with Gasteiger partial charge in [-0.05, 0) is 31.5 Å². The second kappa shape index (κ2) is 8.06. The van der Waals surface area contributed by atoms with Gasteiger partial charge in [0.2, 0.25) is 0 Å². The molecule has 0 atom stereocenters. The molecular weight excluding hydrogens is 342 g/mol. The average Bonchev–Trinajstić information content (AvgIpc) is 2.59. The number of rotatable bonds is 7. The average molecular weight is 359 g/mol. The van der Waals surface area contributed by atoms with Crippen LogP contribution in [0.5, 0.6) is 5.75 Å². The van der Waals surface area contributed by atoms with Crippen LogP contribution >= 0.6 is 0 Å². The molecule has 1 N–H and O–H groups in total. The first-order valence-electron chi connectivity index (χ1n) is 7.74. The fourth-order valence-corrected chi connectivity index (χ4v) is 2.18. The van der Waals surface area contributed by atoms with Gasteiger partial charge < -0.3 is 10.1 Å². The summed E-state index contributed by atoms with van der Waals surface area (Å²) in [5.74, 6) is 0.0590. The molecule has 1 amide bonds. The number of carbonyl (C=O) groups excluding carboxylic acids is 1. The van der Waals surface area contributed by atoms with Crippen molar-refractivity contribution in [1.29, 1.82) is 0 Å². The van der Waals surface area contributed by atoms with Crippen LogP contribution in [-0.2, 0) is 6.54 Å². The maximum Gasteiger partial charge on any atom is 0.277 e. The highest BCUT2D eigenvalue weighted by molar-refractivity contribution is 5.95. The zero-order valence-electron chi connectivity index (χ0n) is 14.2. The summed E-state index contributed by atoms with van der Waals surface area (Å²) in [6.45, 7) is 3.98. The molecule has 0 saturated heterocycles. The predicted octanol–water partition coefficient (Wildman–Crippen LogP) is 3.22. The number of nitro benzene ring substituents is 2. The van der Waals surface area contributed by atoms with Crippen LogP contribution in [0.3, 0.4) is 0 Å². The number of nitrogens with one attached hydrogen (secondary N) is 1. The van der Waals surface area contributed by atoms with E-state index in [9.17, 15) is 25.0 Å². The topological polar surface area (TPSA) is 125 Å². The van der Waals surface area contributed by atoms with Crippen LogP contribution in [0.4, 0.5) is 11.4 Å². The maximum atomic E-state index is 12.2. The van der Waals surface area contributed by atoms with Gasteiger partial charge >= 0.3 is 0 Å². The van der Waals surface area contributed by atoms with Gasteiger partial charge in [0, 0.05) is 18.7 Å². The molecule has 2 aromatic rings. The number of benzene rings is 2. The smallest absolute Gasteiger partial charge is 0.277 e. The summed E-state index contributed by atoms with van der Waals surface area (Å²) < 4.78 is 5.52. The lowest BCUT2D eigenvalue weighted by Gasteiger charge is -2.10. The highest BCUT2D eigenvalue weighted by atomic mass is 16.6. The van der Waals surface area contributed by atoms with E-state index in [4.69, 9.17) is 4.74 Å². The Balaban J connectivity index is 2.10. The Kier molecular flexibility index (Phi) is 5.84. The third kappa shape index (κ3) is 5.00. The molecule has 136 valence electrons. The van der Waals surface area contributed by atoms with Crippen LogP contribution in [-0.4, -0.2) is 21.9 Å². The molecule has 0 aliphatic heterocycles. The molecule has 0 fully saturated rings. The summed E-state index contributed by atoms with van der Waals surface area (Å²) in [5.41, 5.74) is -0.390. The van der Waals surface area contributed by atoms with Gasteiger partial charge in [-0.2, -0.15) is 0 Å². The third-order valence-corrected chi connectivity index (χ3v) is 3.33. The van der Waals surface area contributed by atoms with Crippen molar-refractivity contribution in [3.63, 3.8) is 0 Å². The van der Waals surface area contributed by atoms with Crippen molar-refractivity contribution in [3.05, 3.63) is 73.8 Å². The molecule has 9 nitrogen and oxygen atoms in total. The molecule has 2 aromatic carbocycles. The molecule has 0 unspecified atom stereocenters. The summed E-state index contributed by atoms with van der Waals surface area (Å²) in [5, 5.41) is 24.3. The van der Waals surface area contributed by atoms with Crippen LogP contribution < -0.4 is 10.1 Å². The largest absolute Gasteiger partial charge is 0.491 e. The minimum Gasteiger partial charge on any atom is -0.491 e. The zero-order valence-corrected chi connectivity index (χ0v) is 14.2.